The number of carbonyl (C=O) groups is 1. The third-order valence-corrected chi connectivity index (χ3v) is 9.12. The van der Waals surface area contributed by atoms with Crippen molar-refractivity contribution < 1.29 is 29.5 Å². The molecule has 2 rings (SSSR count). The van der Waals surface area contributed by atoms with Crippen LogP contribution in [0.15, 0.2) is 0 Å². The SMILES string of the molecule is [2H][C@]1(CO[Si](C)(C)C(C)(C)C)OC(OC(C)=O)[C@@H]2OC(C)(C)O[C@@H]21. The molecule has 134 valence electrons. The summed E-state index contributed by atoms with van der Waals surface area (Å²) in [6.45, 7) is 15.5. The Hall–Kier alpha value is -0.473. The van der Waals surface area contributed by atoms with E-state index in [0.29, 0.717) is 0 Å². The average molecular weight is 348 g/mol. The minimum atomic E-state index is -2.06. The molecule has 0 aliphatic carbocycles. The molecule has 2 heterocycles. The van der Waals surface area contributed by atoms with Gasteiger partial charge in [-0.25, -0.2) is 0 Å². The van der Waals surface area contributed by atoms with Gasteiger partial charge in [0.15, 0.2) is 20.2 Å². The Morgan fingerprint density at radius 2 is 1.83 bits per heavy atom. The van der Waals surface area contributed by atoms with Gasteiger partial charge in [-0.1, -0.05) is 20.8 Å². The Labute approximate surface area is 141 Å². The highest BCUT2D eigenvalue weighted by molar-refractivity contribution is 6.74. The van der Waals surface area contributed by atoms with Crippen LogP contribution in [0.25, 0.3) is 0 Å². The number of hydrogen-bond acceptors (Lipinski definition) is 6. The number of ether oxygens (including phenoxy) is 4. The van der Waals surface area contributed by atoms with E-state index in [1.165, 1.54) is 6.92 Å². The fourth-order valence-electron chi connectivity index (χ4n) is 2.36. The van der Waals surface area contributed by atoms with Crippen LogP contribution in [0.2, 0.25) is 18.1 Å². The van der Waals surface area contributed by atoms with E-state index in [-0.39, 0.29) is 11.6 Å². The van der Waals surface area contributed by atoms with E-state index in [4.69, 9.17) is 24.7 Å². The normalized spacial score (nSPS) is 37.4. The first-order valence-electron chi connectivity index (χ1n) is 8.52. The van der Waals surface area contributed by atoms with Crippen molar-refractivity contribution in [1.29, 1.82) is 0 Å². The van der Waals surface area contributed by atoms with Gasteiger partial charge in [-0.3, -0.25) is 4.79 Å². The molecule has 0 N–H and O–H groups in total. The largest absolute Gasteiger partial charge is 0.433 e. The Balaban J connectivity index is 2.17. The summed E-state index contributed by atoms with van der Waals surface area (Å²) in [4.78, 5) is 11.3. The number of fused-ring (bicyclic) bond motifs is 1. The predicted octanol–water partition coefficient (Wildman–Crippen LogP) is 2.82. The Bertz CT molecular complexity index is 503. The highest BCUT2D eigenvalue weighted by Crippen LogP contribution is 2.41. The van der Waals surface area contributed by atoms with Crippen molar-refractivity contribution in [3.05, 3.63) is 0 Å². The van der Waals surface area contributed by atoms with Gasteiger partial charge in [0.05, 0.1) is 7.98 Å². The first kappa shape index (κ1) is 17.4. The van der Waals surface area contributed by atoms with E-state index >= 15 is 0 Å². The predicted molar refractivity (Wildman–Crippen MR) is 87.4 cm³/mol. The van der Waals surface area contributed by atoms with Crippen LogP contribution in [0, 0.1) is 0 Å². The quantitative estimate of drug-likeness (QED) is 0.576. The first-order valence-corrected chi connectivity index (χ1v) is 10.9. The van der Waals surface area contributed by atoms with Gasteiger partial charge < -0.3 is 23.4 Å². The maximum Gasteiger partial charge on any atom is 0.305 e. The maximum atomic E-state index is 11.3. The van der Waals surface area contributed by atoms with Crippen LogP contribution in [0.3, 0.4) is 0 Å². The van der Waals surface area contributed by atoms with Gasteiger partial charge in [0.2, 0.25) is 6.29 Å². The molecule has 6 nitrogen and oxygen atoms in total. The molecule has 2 fully saturated rings. The van der Waals surface area contributed by atoms with Crippen molar-refractivity contribution in [2.45, 2.75) is 90.0 Å². The van der Waals surface area contributed by atoms with Gasteiger partial charge in [-0.05, 0) is 32.0 Å². The van der Waals surface area contributed by atoms with Gasteiger partial charge in [0.1, 0.15) is 12.2 Å². The molecule has 0 aromatic heterocycles. The van der Waals surface area contributed by atoms with Crippen LogP contribution in [-0.4, -0.2) is 51.3 Å². The molecule has 0 aromatic carbocycles. The summed E-state index contributed by atoms with van der Waals surface area (Å²) >= 11 is 0. The standard InChI is InChI=1S/C16H30O6Si/c1-10(17)19-14-13-12(21-16(5,6)22-13)11(20-14)9-18-23(7,8)15(2,3)4/h11-14H,9H2,1-8H3/t11-,12-,13-,14?/m1/s1/i11D. The fourth-order valence-corrected chi connectivity index (χ4v) is 3.30. The molecule has 1 unspecified atom stereocenters. The topological polar surface area (TPSA) is 63.2 Å². The van der Waals surface area contributed by atoms with Crippen LogP contribution in [-0.2, 0) is 28.2 Å². The lowest BCUT2D eigenvalue weighted by atomic mass is 10.1. The van der Waals surface area contributed by atoms with Gasteiger partial charge >= 0.3 is 5.97 Å². The molecule has 0 radical (unpaired) electrons. The smallest absolute Gasteiger partial charge is 0.305 e. The van der Waals surface area contributed by atoms with E-state index in [1.807, 2.05) is 0 Å². The number of hydrogen-bond donors (Lipinski definition) is 0. The molecule has 23 heavy (non-hydrogen) atoms. The second-order valence-electron chi connectivity index (χ2n) is 8.13. The molecule has 0 saturated carbocycles. The maximum absolute atomic E-state index is 11.3. The van der Waals surface area contributed by atoms with Gasteiger partial charge in [-0.15, -0.1) is 0 Å². The lowest BCUT2D eigenvalue weighted by Crippen LogP contribution is -2.44. The van der Waals surface area contributed by atoms with Crippen molar-refractivity contribution in [1.82, 2.24) is 0 Å². The Morgan fingerprint density at radius 3 is 2.35 bits per heavy atom. The summed E-state index contributed by atoms with van der Waals surface area (Å²) in [6, 6.07) is 0. The summed E-state index contributed by atoms with van der Waals surface area (Å²) in [5.41, 5.74) is 0. The zero-order valence-electron chi connectivity index (χ0n) is 16.4. The summed E-state index contributed by atoms with van der Waals surface area (Å²) in [5, 5.41) is 0.0168. The van der Waals surface area contributed by atoms with E-state index in [1.54, 1.807) is 13.8 Å². The number of rotatable bonds is 4. The summed E-state index contributed by atoms with van der Waals surface area (Å²) < 4.78 is 37.4. The molecule has 2 saturated heterocycles. The zero-order valence-corrected chi connectivity index (χ0v) is 16.4. The van der Waals surface area contributed by atoms with Crippen molar-refractivity contribution in [3.63, 3.8) is 0 Å². The molecular formula is C16H30O6Si. The fraction of sp³-hybridized carbons (Fsp3) is 0.938. The number of carbonyl (C=O) groups excluding carboxylic acids is 1. The lowest BCUT2D eigenvalue weighted by molar-refractivity contribution is -0.233. The van der Waals surface area contributed by atoms with Crippen LogP contribution in [0.5, 0.6) is 0 Å². The Morgan fingerprint density at radius 1 is 1.26 bits per heavy atom. The van der Waals surface area contributed by atoms with Crippen LogP contribution in [0.4, 0.5) is 0 Å². The third-order valence-electron chi connectivity index (χ3n) is 4.65. The third kappa shape index (κ3) is 4.14. The lowest BCUT2D eigenvalue weighted by Gasteiger charge is -2.37. The highest BCUT2D eigenvalue weighted by atomic mass is 28.4. The molecule has 0 aromatic rings. The summed E-state index contributed by atoms with van der Waals surface area (Å²) in [7, 11) is -2.06. The molecule has 7 heteroatoms. The second-order valence-corrected chi connectivity index (χ2v) is 12.9. The van der Waals surface area contributed by atoms with Gasteiger partial charge in [0, 0.05) is 6.92 Å². The molecule has 4 atom stereocenters. The van der Waals surface area contributed by atoms with E-state index in [9.17, 15) is 4.79 Å². The molecular weight excluding hydrogens is 316 g/mol. The van der Waals surface area contributed by atoms with Crippen LogP contribution < -0.4 is 0 Å². The van der Waals surface area contributed by atoms with Crippen molar-refractivity contribution in [3.8, 4) is 0 Å². The monoisotopic (exact) mass is 347 g/mol. The van der Waals surface area contributed by atoms with E-state index in [2.05, 4.69) is 33.9 Å². The zero-order chi connectivity index (χ0) is 18.6. The van der Waals surface area contributed by atoms with Gasteiger partial charge in [-0.2, -0.15) is 0 Å². The van der Waals surface area contributed by atoms with E-state index in [0.717, 1.165) is 0 Å². The number of esters is 1. The van der Waals surface area contributed by atoms with Crippen molar-refractivity contribution in [2.24, 2.45) is 0 Å². The van der Waals surface area contributed by atoms with Crippen molar-refractivity contribution in [2.75, 3.05) is 6.61 Å². The first-order chi connectivity index (χ1) is 10.7. The highest BCUT2D eigenvalue weighted by Gasteiger charge is 2.57. The summed E-state index contributed by atoms with van der Waals surface area (Å²) in [6.07, 6.45) is -3.76. The van der Waals surface area contributed by atoms with Crippen LogP contribution in [0.1, 0.15) is 42.9 Å². The van der Waals surface area contributed by atoms with E-state index < -0.39 is 44.7 Å². The molecule has 0 spiro atoms. The minimum Gasteiger partial charge on any atom is -0.433 e. The van der Waals surface area contributed by atoms with Crippen LogP contribution >= 0.6 is 0 Å². The molecule has 2 aliphatic rings. The molecule has 0 amide bonds. The molecule has 2 aliphatic heterocycles. The molecule has 0 bridgehead atoms. The average Bonchev–Trinajstić information content (AvgIpc) is 2.81. The van der Waals surface area contributed by atoms with Crippen molar-refractivity contribution >= 4 is 14.3 Å². The second kappa shape index (κ2) is 6.11. The summed E-state index contributed by atoms with van der Waals surface area (Å²) in [5.74, 6) is -1.34. The Kier molecular flexibility index (Phi) is 4.61. The minimum absolute atomic E-state index is 0.0168. The van der Waals surface area contributed by atoms with Gasteiger partial charge in [0.25, 0.3) is 0 Å².